The number of benzene rings is 1. The maximum absolute atomic E-state index is 12.6. The molecular formula is C20H29N5O. The van der Waals surface area contributed by atoms with E-state index in [1.54, 1.807) is 0 Å². The van der Waals surface area contributed by atoms with Gasteiger partial charge in [0.05, 0.1) is 5.52 Å². The Hall–Kier alpha value is -2.18. The molecule has 0 saturated carbocycles. The Morgan fingerprint density at radius 2 is 1.92 bits per heavy atom. The van der Waals surface area contributed by atoms with Gasteiger partial charge in [0, 0.05) is 57.7 Å². The van der Waals surface area contributed by atoms with Gasteiger partial charge < -0.3 is 5.32 Å². The molecule has 2 aromatic rings. The van der Waals surface area contributed by atoms with Crippen molar-refractivity contribution < 1.29 is 4.79 Å². The molecule has 1 aromatic heterocycles. The van der Waals surface area contributed by atoms with E-state index in [2.05, 4.69) is 33.7 Å². The number of carbonyl (C=O) groups excluding carboxylic acids is 1. The van der Waals surface area contributed by atoms with Crippen molar-refractivity contribution in [3.05, 3.63) is 42.6 Å². The van der Waals surface area contributed by atoms with E-state index in [4.69, 9.17) is 0 Å². The monoisotopic (exact) mass is 355 g/mol. The summed E-state index contributed by atoms with van der Waals surface area (Å²) < 4.78 is 1.93. The number of aromatic nitrogens is 2. The van der Waals surface area contributed by atoms with Crippen molar-refractivity contribution in [3.8, 4) is 0 Å². The molecule has 2 heterocycles. The Morgan fingerprint density at radius 1 is 1.19 bits per heavy atom. The summed E-state index contributed by atoms with van der Waals surface area (Å²) in [5.41, 5.74) is 1.56. The van der Waals surface area contributed by atoms with Gasteiger partial charge in [0.25, 0.3) is 5.91 Å². The number of piperazine rings is 1. The first-order chi connectivity index (χ1) is 12.7. The molecule has 0 bridgehead atoms. The van der Waals surface area contributed by atoms with Crippen LogP contribution >= 0.6 is 0 Å². The minimum atomic E-state index is -0.0821. The molecule has 1 amide bonds. The molecule has 1 fully saturated rings. The molecule has 0 aliphatic carbocycles. The highest BCUT2D eigenvalue weighted by molar-refractivity contribution is 6.04. The summed E-state index contributed by atoms with van der Waals surface area (Å²) >= 11 is 0. The second-order valence-corrected chi connectivity index (χ2v) is 6.78. The summed E-state index contributed by atoms with van der Waals surface area (Å²) in [5, 5.41) is 8.52. The van der Waals surface area contributed by atoms with Gasteiger partial charge in [0.15, 0.2) is 5.69 Å². The van der Waals surface area contributed by atoms with Gasteiger partial charge >= 0.3 is 0 Å². The number of fused-ring (bicyclic) bond motifs is 1. The first kappa shape index (κ1) is 18.6. The second kappa shape index (κ2) is 8.96. The molecule has 0 spiro atoms. The van der Waals surface area contributed by atoms with Gasteiger partial charge in [0.2, 0.25) is 0 Å². The van der Waals surface area contributed by atoms with Gasteiger partial charge in [-0.15, -0.1) is 6.58 Å². The van der Waals surface area contributed by atoms with Crippen LogP contribution in [0.1, 0.15) is 23.8 Å². The van der Waals surface area contributed by atoms with Crippen LogP contribution < -0.4 is 5.32 Å². The molecule has 0 atom stereocenters. The van der Waals surface area contributed by atoms with Gasteiger partial charge in [-0.3, -0.25) is 19.3 Å². The van der Waals surface area contributed by atoms with Crippen molar-refractivity contribution >= 4 is 16.8 Å². The van der Waals surface area contributed by atoms with Gasteiger partial charge in [-0.1, -0.05) is 31.2 Å². The zero-order valence-electron chi connectivity index (χ0n) is 15.7. The summed E-state index contributed by atoms with van der Waals surface area (Å²) in [5.74, 6) is -0.0821. The number of nitrogens with one attached hydrogen (secondary N) is 1. The van der Waals surface area contributed by atoms with Crippen LogP contribution in [0.5, 0.6) is 0 Å². The lowest BCUT2D eigenvalue weighted by atomic mass is 10.2. The van der Waals surface area contributed by atoms with Gasteiger partial charge in [-0.25, -0.2) is 0 Å². The molecule has 6 heteroatoms. The number of carbonyl (C=O) groups is 1. The Morgan fingerprint density at radius 3 is 2.65 bits per heavy atom. The average Bonchev–Trinajstić information content (AvgIpc) is 3.03. The lowest BCUT2D eigenvalue weighted by Crippen LogP contribution is -2.48. The molecule has 0 unspecified atom stereocenters. The van der Waals surface area contributed by atoms with Gasteiger partial charge in [0.1, 0.15) is 0 Å². The van der Waals surface area contributed by atoms with Crippen LogP contribution in [-0.4, -0.2) is 71.3 Å². The SMILES string of the molecule is C=CCN1CCN(CCNC(=O)c2nn(CCC)c3ccccc23)CC1. The standard InChI is InChI=1S/C20H29N5O/c1-3-10-23-13-15-24(16-14-23)12-9-21-20(26)19-17-7-5-6-8-18(17)25(22-19)11-4-2/h3,5-8H,1,4,9-16H2,2H3,(H,21,26). The molecule has 1 aliphatic rings. The van der Waals surface area contributed by atoms with Crippen LogP contribution in [0, 0.1) is 0 Å². The van der Waals surface area contributed by atoms with Gasteiger partial charge in [-0.2, -0.15) is 5.10 Å². The highest BCUT2D eigenvalue weighted by atomic mass is 16.1. The minimum Gasteiger partial charge on any atom is -0.349 e. The highest BCUT2D eigenvalue weighted by Crippen LogP contribution is 2.18. The number of hydrogen-bond acceptors (Lipinski definition) is 4. The van der Waals surface area contributed by atoms with E-state index >= 15 is 0 Å². The average molecular weight is 355 g/mol. The Bertz CT molecular complexity index is 746. The maximum atomic E-state index is 12.6. The Labute approximate surface area is 155 Å². The van der Waals surface area contributed by atoms with Crippen LogP contribution in [0.15, 0.2) is 36.9 Å². The summed E-state index contributed by atoms with van der Waals surface area (Å²) in [7, 11) is 0. The number of nitrogens with zero attached hydrogens (tertiary/aromatic N) is 4. The van der Waals surface area contributed by atoms with E-state index in [9.17, 15) is 4.79 Å². The second-order valence-electron chi connectivity index (χ2n) is 6.78. The summed E-state index contributed by atoms with van der Waals surface area (Å²) in [6, 6.07) is 7.95. The minimum absolute atomic E-state index is 0.0821. The number of para-hydroxylation sites is 1. The Kier molecular flexibility index (Phi) is 6.41. The molecule has 3 rings (SSSR count). The Balaban J connectivity index is 1.54. The van der Waals surface area contributed by atoms with Crippen molar-refractivity contribution in [1.82, 2.24) is 24.9 Å². The van der Waals surface area contributed by atoms with Crippen molar-refractivity contribution in [2.75, 3.05) is 45.8 Å². The van der Waals surface area contributed by atoms with Crippen molar-refractivity contribution in [1.29, 1.82) is 0 Å². The van der Waals surface area contributed by atoms with Crippen LogP contribution in [0.4, 0.5) is 0 Å². The van der Waals surface area contributed by atoms with E-state index in [1.807, 2.05) is 35.0 Å². The zero-order chi connectivity index (χ0) is 18.4. The molecule has 6 nitrogen and oxygen atoms in total. The molecule has 1 aliphatic heterocycles. The smallest absolute Gasteiger partial charge is 0.272 e. The van der Waals surface area contributed by atoms with Crippen molar-refractivity contribution in [2.45, 2.75) is 19.9 Å². The topological polar surface area (TPSA) is 53.4 Å². The predicted molar refractivity (Wildman–Crippen MR) is 105 cm³/mol. The van der Waals surface area contributed by atoms with Crippen LogP contribution in [-0.2, 0) is 6.54 Å². The third-order valence-electron chi connectivity index (χ3n) is 4.87. The summed E-state index contributed by atoms with van der Waals surface area (Å²) in [6.45, 7) is 13.4. The summed E-state index contributed by atoms with van der Waals surface area (Å²) in [4.78, 5) is 17.4. The fourth-order valence-electron chi connectivity index (χ4n) is 3.47. The number of aryl methyl sites for hydroxylation is 1. The summed E-state index contributed by atoms with van der Waals surface area (Å²) in [6.07, 6.45) is 2.95. The maximum Gasteiger partial charge on any atom is 0.272 e. The van der Waals surface area contributed by atoms with E-state index in [-0.39, 0.29) is 5.91 Å². The van der Waals surface area contributed by atoms with Crippen LogP contribution in [0.25, 0.3) is 10.9 Å². The molecule has 0 radical (unpaired) electrons. The number of hydrogen-bond donors (Lipinski definition) is 1. The molecule has 1 saturated heterocycles. The van der Waals surface area contributed by atoms with Crippen molar-refractivity contribution in [3.63, 3.8) is 0 Å². The fraction of sp³-hybridized carbons (Fsp3) is 0.500. The lowest BCUT2D eigenvalue weighted by Gasteiger charge is -2.34. The molecule has 1 aromatic carbocycles. The van der Waals surface area contributed by atoms with E-state index in [0.29, 0.717) is 12.2 Å². The normalized spacial score (nSPS) is 16.0. The lowest BCUT2D eigenvalue weighted by molar-refractivity contribution is 0.0934. The molecule has 26 heavy (non-hydrogen) atoms. The third-order valence-corrected chi connectivity index (χ3v) is 4.87. The molecular weight excluding hydrogens is 326 g/mol. The fourth-order valence-corrected chi connectivity index (χ4v) is 3.47. The van der Waals surface area contributed by atoms with Crippen molar-refractivity contribution in [2.24, 2.45) is 0 Å². The third kappa shape index (κ3) is 4.31. The number of rotatable bonds is 8. The van der Waals surface area contributed by atoms with E-state index in [1.165, 1.54) is 0 Å². The number of amides is 1. The zero-order valence-corrected chi connectivity index (χ0v) is 15.7. The highest BCUT2D eigenvalue weighted by Gasteiger charge is 2.18. The first-order valence-electron chi connectivity index (χ1n) is 9.52. The van der Waals surface area contributed by atoms with E-state index < -0.39 is 0 Å². The largest absolute Gasteiger partial charge is 0.349 e. The van der Waals surface area contributed by atoms with Gasteiger partial charge in [-0.05, 0) is 12.5 Å². The molecule has 140 valence electrons. The predicted octanol–water partition coefficient (Wildman–Crippen LogP) is 1.98. The van der Waals surface area contributed by atoms with Crippen LogP contribution in [0.3, 0.4) is 0 Å². The van der Waals surface area contributed by atoms with E-state index in [0.717, 1.165) is 63.1 Å². The molecule has 1 N–H and O–H groups in total. The first-order valence-corrected chi connectivity index (χ1v) is 9.52. The quantitative estimate of drug-likeness (QED) is 0.736. The van der Waals surface area contributed by atoms with Crippen LogP contribution in [0.2, 0.25) is 0 Å².